The van der Waals surface area contributed by atoms with Crippen LogP contribution in [0.25, 0.3) is 0 Å². The van der Waals surface area contributed by atoms with Crippen LogP contribution in [0, 0.1) is 0 Å². The zero-order chi connectivity index (χ0) is 14.4. The molecule has 2 rings (SSSR count). The Morgan fingerprint density at radius 2 is 2.25 bits per heavy atom. The molecule has 0 radical (unpaired) electrons. The summed E-state index contributed by atoms with van der Waals surface area (Å²) in [6.45, 7) is 1.71. The number of carboxylic acid groups (broad SMARTS) is 1. The van der Waals surface area contributed by atoms with Crippen molar-refractivity contribution in [3.63, 3.8) is 0 Å². The number of carboxylic acids is 1. The second-order valence-electron chi connectivity index (χ2n) is 4.72. The fraction of sp³-hybridized carbons (Fsp3) is 0.429. The Hall–Kier alpha value is -2.08. The average molecular weight is 278 g/mol. The van der Waals surface area contributed by atoms with E-state index in [2.05, 4.69) is 10.6 Å². The molecular formula is C14H18N2O4. The molecule has 0 saturated carbocycles. The first-order valence-electron chi connectivity index (χ1n) is 6.59. The third kappa shape index (κ3) is 4.24. The Labute approximate surface area is 117 Å². The van der Waals surface area contributed by atoms with Gasteiger partial charge in [0.05, 0.1) is 18.2 Å². The van der Waals surface area contributed by atoms with Crippen molar-refractivity contribution in [1.82, 2.24) is 10.6 Å². The van der Waals surface area contributed by atoms with Gasteiger partial charge in [-0.2, -0.15) is 0 Å². The molecule has 0 aliphatic carbocycles. The van der Waals surface area contributed by atoms with E-state index in [1.807, 2.05) is 6.07 Å². The molecule has 1 aliphatic rings. The first kappa shape index (κ1) is 14.3. The van der Waals surface area contributed by atoms with Crippen LogP contribution in [0.3, 0.4) is 0 Å². The number of aromatic carboxylic acids is 1. The van der Waals surface area contributed by atoms with E-state index in [0.717, 1.165) is 12.0 Å². The third-order valence-electron chi connectivity index (χ3n) is 3.14. The molecule has 1 fully saturated rings. The molecule has 1 aromatic carbocycles. The van der Waals surface area contributed by atoms with E-state index in [-0.39, 0.29) is 17.6 Å². The van der Waals surface area contributed by atoms with Gasteiger partial charge in [0.15, 0.2) is 0 Å². The standard InChI is InChI=1S/C14H18N2O4/c17-13(18)11-3-1-2-10(8-11)4-6-15-14(19)16-12-5-7-20-9-12/h1-3,8,12H,4-7,9H2,(H,17,18)(H2,15,16,19). The van der Waals surface area contributed by atoms with Gasteiger partial charge in [-0.1, -0.05) is 12.1 Å². The van der Waals surface area contributed by atoms with E-state index in [9.17, 15) is 9.59 Å². The maximum Gasteiger partial charge on any atom is 0.335 e. The molecule has 0 bridgehead atoms. The van der Waals surface area contributed by atoms with E-state index in [4.69, 9.17) is 9.84 Å². The second kappa shape index (κ2) is 6.91. The molecule has 0 aromatic heterocycles. The van der Waals surface area contributed by atoms with Gasteiger partial charge in [-0.15, -0.1) is 0 Å². The molecular weight excluding hydrogens is 260 g/mol. The molecule has 0 spiro atoms. The lowest BCUT2D eigenvalue weighted by atomic mass is 10.1. The van der Waals surface area contributed by atoms with Crippen LogP contribution in [-0.4, -0.2) is 42.9 Å². The predicted molar refractivity (Wildman–Crippen MR) is 72.9 cm³/mol. The smallest absolute Gasteiger partial charge is 0.335 e. The monoisotopic (exact) mass is 278 g/mol. The first-order valence-corrected chi connectivity index (χ1v) is 6.59. The summed E-state index contributed by atoms with van der Waals surface area (Å²) in [5, 5.41) is 14.5. The van der Waals surface area contributed by atoms with Crippen molar-refractivity contribution in [2.75, 3.05) is 19.8 Å². The molecule has 6 heteroatoms. The number of rotatable bonds is 5. The number of benzene rings is 1. The van der Waals surface area contributed by atoms with Crippen LogP contribution in [-0.2, 0) is 11.2 Å². The predicted octanol–water partition coefficient (Wildman–Crippen LogP) is 1.02. The molecule has 20 heavy (non-hydrogen) atoms. The van der Waals surface area contributed by atoms with Crippen molar-refractivity contribution in [2.24, 2.45) is 0 Å². The first-order chi connectivity index (χ1) is 9.65. The second-order valence-corrected chi connectivity index (χ2v) is 4.72. The molecule has 1 atom stereocenters. The highest BCUT2D eigenvalue weighted by Gasteiger charge is 2.17. The highest BCUT2D eigenvalue weighted by molar-refractivity contribution is 5.87. The maximum absolute atomic E-state index is 11.6. The summed E-state index contributed by atoms with van der Waals surface area (Å²) in [5.74, 6) is -0.946. The molecule has 1 saturated heterocycles. The molecule has 1 aliphatic heterocycles. The molecule has 108 valence electrons. The number of hydrogen-bond donors (Lipinski definition) is 3. The summed E-state index contributed by atoms with van der Waals surface area (Å²) < 4.78 is 5.17. The van der Waals surface area contributed by atoms with Gasteiger partial charge in [0.1, 0.15) is 0 Å². The Balaban J connectivity index is 1.73. The largest absolute Gasteiger partial charge is 0.478 e. The van der Waals surface area contributed by atoms with E-state index in [1.165, 1.54) is 0 Å². The van der Waals surface area contributed by atoms with Crippen molar-refractivity contribution in [3.05, 3.63) is 35.4 Å². The van der Waals surface area contributed by atoms with E-state index in [1.54, 1.807) is 18.2 Å². The summed E-state index contributed by atoms with van der Waals surface area (Å²) in [7, 11) is 0. The number of carbonyl (C=O) groups is 2. The summed E-state index contributed by atoms with van der Waals surface area (Å²) in [5.41, 5.74) is 1.14. The Bertz CT molecular complexity index is 484. The van der Waals surface area contributed by atoms with Gasteiger partial charge in [-0.25, -0.2) is 9.59 Å². The highest BCUT2D eigenvalue weighted by Crippen LogP contribution is 2.06. The number of nitrogens with one attached hydrogen (secondary N) is 2. The minimum absolute atomic E-state index is 0.0883. The fourth-order valence-corrected chi connectivity index (χ4v) is 2.07. The summed E-state index contributed by atoms with van der Waals surface area (Å²) in [4.78, 5) is 22.4. The summed E-state index contributed by atoms with van der Waals surface area (Å²) >= 11 is 0. The number of hydrogen-bond acceptors (Lipinski definition) is 3. The van der Waals surface area contributed by atoms with Crippen LogP contribution in [0.4, 0.5) is 4.79 Å². The molecule has 1 unspecified atom stereocenters. The summed E-state index contributed by atoms with van der Waals surface area (Å²) in [6, 6.07) is 6.59. The van der Waals surface area contributed by atoms with Crippen molar-refractivity contribution < 1.29 is 19.4 Å². The lowest BCUT2D eigenvalue weighted by Gasteiger charge is -2.11. The lowest BCUT2D eigenvalue weighted by Crippen LogP contribution is -2.42. The number of urea groups is 1. The van der Waals surface area contributed by atoms with Crippen LogP contribution < -0.4 is 10.6 Å². The van der Waals surface area contributed by atoms with Gasteiger partial charge >= 0.3 is 12.0 Å². The fourth-order valence-electron chi connectivity index (χ4n) is 2.07. The zero-order valence-electron chi connectivity index (χ0n) is 11.1. The average Bonchev–Trinajstić information content (AvgIpc) is 2.92. The number of carbonyl (C=O) groups excluding carboxylic acids is 1. The van der Waals surface area contributed by atoms with Crippen LogP contribution >= 0.6 is 0 Å². The van der Waals surface area contributed by atoms with Crippen molar-refractivity contribution in [3.8, 4) is 0 Å². The topological polar surface area (TPSA) is 87.7 Å². The van der Waals surface area contributed by atoms with Gasteiger partial charge in [0.25, 0.3) is 0 Å². The normalized spacial score (nSPS) is 17.7. The highest BCUT2D eigenvalue weighted by atomic mass is 16.5. The molecule has 1 aromatic rings. The quantitative estimate of drug-likeness (QED) is 0.750. The lowest BCUT2D eigenvalue weighted by molar-refractivity contribution is 0.0696. The van der Waals surface area contributed by atoms with Crippen LogP contribution in [0.1, 0.15) is 22.3 Å². The molecule has 1 heterocycles. The number of ether oxygens (including phenoxy) is 1. The van der Waals surface area contributed by atoms with Crippen molar-refractivity contribution >= 4 is 12.0 Å². The Morgan fingerprint density at radius 1 is 1.40 bits per heavy atom. The van der Waals surface area contributed by atoms with E-state index >= 15 is 0 Å². The maximum atomic E-state index is 11.6. The SMILES string of the molecule is O=C(NCCc1cccc(C(=O)O)c1)NC1CCOC1. The van der Waals surface area contributed by atoms with Crippen molar-refractivity contribution in [1.29, 1.82) is 0 Å². The molecule has 2 amide bonds. The van der Waals surface area contributed by atoms with Crippen LogP contribution in [0.15, 0.2) is 24.3 Å². The number of amides is 2. The minimum atomic E-state index is -0.946. The third-order valence-corrected chi connectivity index (χ3v) is 3.14. The summed E-state index contributed by atoms with van der Waals surface area (Å²) in [6.07, 6.45) is 1.43. The van der Waals surface area contributed by atoms with Crippen molar-refractivity contribution in [2.45, 2.75) is 18.9 Å². The van der Waals surface area contributed by atoms with E-state index < -0.39 is 5.97 Å². The molecule has 3 N–H and O–H groups in total. The van der Waals surface area contributed by atoms with Gasteiger partial charge in [0.2, 0.25) is 0 Å². The minimum Gasteiger partial charge on any atom is -0.478 e. The van der Waals surface area contributed by atoms with Gasteiger partial charge < -0.3 is 20.5 Å². The Morgan fingerprint density at radius 3 is 2.95 bits per heavy atom. The zero-order valence-corrected chi connectivity index (χ0v) is 11.1. The van der Waals surface area contributed by atoms with Crippen LogP contribution in [0.5, 0.6) is 0 Å². The van der Waals surface area contributed by atoms with Gasteiger partial charge in [-0.05, 0) is 30.5 Å². The van der Waals surface area contributed by atoms with Gasteiger partial charge in [0, 0.05) is 13.2 Å². The van der Waals surface area contributed by atoms with Gasteiger partial charge in [-0.3, -0.25) is 0 Å². The molecule has 6 nitrogen and oxygen atoms in total. The Kier molecular flexibility index (Phi) is 4.95. The van der Waals surface area contributed by atoms with Crippen LogP contribution in [0.2, 0.25) is 0 Å². The van der Waals surface area contributed by atoms with E-state index in [0.29, 0.717) is 26.2 Å².